The molecule has 0 radical (unpaired) electrons. The number of ether oxygens (including phenoxy) is 1. The summed E-state index contributed by atoms with van der Waals surface area (Å²) >= 11 is 7.40. The minimum atomic E-state index is -0.653. The molecular formula is C17H14ClN3O2S. The molecule has 1 atom stereocenters. The number of aromatic nitrogens is 2. The molecule has 2 aromatic carbocycles. The van der Waals surface area contributed by atoms with Gasteiger partial charge in [0.1, 0.15) is 5.75 Å². The second kappa shape index (κ2) is 7.42. The molecule has 122 valence electrons. The molecule has 3 rings (SSSR count). The van der Waals surface area contributed by atoms with E-state index in [0.717, 1.165) is 5.56 Å². The summed E-state index contributed by atoms with van der Waals surface area (Å²) in [6.45, 7) is 1.68. The zero-order valence-corrected chi connectivity index (χ0v) is 14.3. The lowest BCUT2D eigenvalue weighted by atomic mass is 10.2. The fourth-order valence-corrected chi connectivity index (χ4v) is 3.05. The van der Waals surface area contributed by atoms with Gasteiger partial charge in [0.25, 0.3) is 5.91 Å². The summed E-state index contributed by atoms with van der Waals surface area (Å²) < 4.78 is 5.58. The number of nitrogens with zero attached hydrogens (tertiary/aromatic N) is 2. The van der Waals surface area contributed by atoms with Crippen LogP contribution in [0.25, 0.3) is 10.6 Å². The first kappa shape index (κ1) is 16.4. The number of amides is 1. The Morgan fingerprint density at radius 1 is 1.12 bits per heavy atom. The number of rotatable bonds is 5. The number of halogens is 1. The van der Waals surface area contributed by atoms with Gasteiger partial charge in [0.15, 0.2) is 11.1 Å². The molecule has 1 N–H and O–H groups in total. The number of hydrogen-bond acceptors (Lipinski definition) is 5. The predicted octanol–water partition coefficient (Wildman–Crippen LogP) is 4.26. The van der Waals surface area contributed by atoms with Gasteiger partial charge in [0, 0.05) is 5.56 Å². The van der Waals surface area contributed by atoms with E-state index in [4.69, 9.17) is 16.3 Å². The highest BCUT2D eigenvalue weighted by Gasteiger charge is 2.17. The molecule has 0 aliphatic rings. The van der Waals surface area contributed by atoms with E-state index in [9.17, 15) is 4.79 Å². The van der Waals surface area contributed by atoms with Crippen molar-refractivity contribution in [1.82, 2.24) is 10.2 Å². The van der Waals surface area contributed by atoms with Crippen molar-refractivity contribution in [3.05, 3.63) is 59.6 Å². The van der Waals surface area contributed by atoms with Gasteiger partial charge in [0.2, 0.25) is 5.13 Å². The monoisotopic (exact) mass is 359 g/mol. The van der Waals surface area contributed by atoms with E-state index >= 15 is 0 Å². The Balaban J connectivity index is 1.66. The van der Waals surface area contributed by atoms with Crippen molar-refractivity contribution in [2.75, 3.05) is 5.32 Å². The van der Waals surface area contributed by atoms with Gasteiger partial charge in [-0.05, 0) is 25.1 Å². The van der Waals surface area contributed by atoms with Crippen LogP contribution in [0.3, 0.4) is 0 Å². The largest absolute Gasteiger partial charge is 0.481 e. The first-order valence-corrected chi connectivity index (χ1v) is 8.44. The van der Waals surface area contributed by atoms with Gasteiger partial charge in [0.05, 0.1) is 5.02 Å². The molecule has 5 nitrogen and oxygen atoms in total. The Bertz CT molecular complexity index is 839. The molecule has 0 unspecified atom stereocenters. The molecule has 0 aliphatic carbocycles. The summed E-state index contributed by atoms with van der Waals surface area (Å²) in [6, 6.07) is 16.5. The fourth-order valence-electron chi connectivity index (χ4n) is 1.98. The summed E-state index contributed by atoms with van der Waals surface area (Å²) in [6.07, 6.45) is -0.653. The van der Waals surface area contributed by atoms with E-state index in [1.165, 1.54) is 11.3 Å². The molecule has 0 aliphatic heterocycles. The molecule has 24 heavy (non-hydrogen) atoms. The number of nitrogens with one attached hydrogen (secondary N) is 1. The Hall–Kier alpha value is -2.44. The summed E-state index contributed by atoms with van der Waals surface area (Å²) in [4.78, 5) is 12.2. The standard InChI is InChI=1S/C17H14ClN3O2S/c1-11(23-12-7-3-2-4-8-12)15(22)19-17-21-20-16(24-17)13-9-5-6-10-14(13)18/h2-11H,1H3,(H,19,21,22)/t11-/m1/s1. The van der Waals surface area contributed by atoms with Crippen LogP contribution in [0.4, 0.5) is 5.13 Å². The fraction of sp³-hybridized carbons (Fsp3) is 0.118. The van der Waals surface area contributed by atoms with Crippen LogP contribution in [-0.2, 0) is 4.79 Å². The summed E-state index contributed by atoms with van der Waals surface area (Å²) in [7, 11) is 0. The Morgan fingerprint density at radius 2 is 1.83 bits per heavy atom. The highest BCUT2D eigenvalue weighted by Crippen LogP contribution is 2.31. The average Bonchev–Trinajstić information content (AvgIpc) is 3.04. The summed E-state index contributed by atoms with van der Waals surface area (Å²) in [5.74, 6) is 0.342. The smallest absolute Gasteiger partial charge is 0.266 e. The third-order valence-corrected chi connectivity index (χ3v) is 4.39. The number of para-hydroxylation sites is 1. The van der Waals surface area contributed by atoms with E-state index in [1.54, 1.807) is 25.1 Å². The van der Waals surface area contributed by atoms with Crippen LogP contribution in [0.2, 0.25) is 5.02 Å². The highest BCUT2D eigenvalue weighted by molar-refractivity contribution is 7.18. The SMILES string of the molecule is C[C@@H](Oc1ccccc1)C(=O)Nc1nnc(-c2ccccc2Cl)s1. The number of benzene rings is 2. The molecule has 3 aromatic rings. The maximum Gasteiger partial charge on any atom is 0.266 e. The molecule has 1 heterocycles. The third-order valence-electron chi connectivity index (χ3n) is 3.18. The van der Waals surface area contributed by atoms with Crippen molar-refractivity contribution in [3.63, 3.8) is 0 Å². The van der Waals surface area contributed by atoms with Crippen LogP contribution >= 0.6 is 22.9 Å². The van der Waals surface area contributed by atoms with Crippen LogP contribution < -0.4 is 10.1 Å². The molecule has 1 amide bonds. The van der Waals surface area contributed by atoms with Gasteiger partial charge >= 0.3 is 0 Å². The van der Waals surface area contributed by atoms with Crippen molar-refractivity contribution < 1.29 is 9.53 Å². The Morgan fingerprint density at radius 3 is 2.58 bits per heavy atom. The molecule has 7 heteroatoms. The van der Waals surface area contributed by atoms with Gasteiger partial charge < -0.3 is 4.74 Å². The van der Waals surface area contributed by atoms with Crippen LogP contribution in [0.1, 0.15) is 6.92 Å². The second-order valence-corrected chi connectivity index (χ2v) is 6.34. The van der Waals surface area contributed by atoms with E-state index in [1.807, 2.05) is 36.4 Å². The molecular weight excluding hydrogens is 346 g/mol. The lowest BCUT2D eigenvalue weighted by molar-refractivity contribution is -0.122. The van der Waals surface area contributed by atoms with Crippen LogP contribution in [0, 0.1) is 0 Å². The van der Waals surface area contributed by atoms with Crippen molar-refractivity contribution in [3.8, 4) is 16.3 Å². The van der Waals surface area contributed by atoms with Gasteiger partial charge in [-0.1, -0.05) is 59.3 Å². The van der Waals surface area contributed by atoms with Crippen LogP contribution in [0.5, 0.6) is 5.75 Å². The minimum absolute atomic E-state index is 0.291. The first-order chi connectivity index (χ1) is 11.6. The molecule has 0 bridgehead atoms. The first-order valence-electron chi connectivity index (χ1n) is 7.24. The van der Waals surface area contributed by atoms with Crippen molar-refractivity contribution in [1.29, 1.82) is 0 Å². The minimum Gasteiger partial charge on any atom is -0.481 e. The third kappa shape index (κ3) is 3.90. The predicted molar refractivity (Wildman–Crippen MR) is 95.5 cm³/mol. The zero-order valence-electron chi connectivity index (χ0n) is 12.8. The van der Waals surface area contributed by atoms with E-state index in [-0.39, 0.29) is 5.91 Å². The van der Waals surface area contributed by atoms with Crippen LogP contribution in [0.15, 0.2) is 54.6 Å². The van der Waals surface area contributed by atoms with Gasteiger partial charge in [-0.25, -0.2) is 0 Å². The van der Waals surface area contributed by atoms with Crippen molar-refractivity contribution in [2.24, 2.45) is 0 Å². The Kier molecular flexibility index (Phi) is 5.08. The molecule has 0 saturated carbocycles. The molecule has 1 aromatic heterocycles. The Labute approximate surface area is 148 Å². The number of carbonyl (C=O) groups excluding carboxylic acids is 1. The highest BCUT2D eigenvalue weighted by atomic mass is 35.5. The number of carbonyl (C=O) groups is 1. The lowest BCUT2D eigenvalue weighted by Gasteiger charge is -2.13. The number of hydrogen-bond donors (Lipinski definition) is 1. The molecule has 0 spiro atoms. The van der Waals surface area contributed by atoms with Crippen LogP contribution in [-0.4, -0.2) is 22.2 Å². The summed E-state index contributed by atoms with van der Waals surface area (Å²) in [5.41, 5.74) is 0.783. The normalized spacial score (nSPS) is 11.8. The van der Waals surface area contributed by atoms with E-state index < -0.39 is 6.10 Å². The summed E-state index contributed by atoms with van der Waals surface area (Å²) in [5, 5.41) is 12.4. The quantitative estimate of drug-likeness (QED) is 0.739. The topological polar surface area (TPSA) is 64.1 Å². The zero-order chi connectivity index (χ0) is 16.9. The number of anilines is 1. The van der Waals surface area contributed by atoms with Gasteiger partial charge in [-0.2, -0.15) is 0 Å². The van der Waals surface area contributed by atoms with Crippen molar-refractivity contribution >= 4 is 34.0 Å². The average molecular weight is 360 g/mol. The van der Waals surface area contributed by atoms with Gasteiger partial charge in [-0.15, -0.1) is 10.2 Å². The van der Waals surface area contributed by atoms with E-state index in [0.29, 0.717) is 20.9 Å². The molecule has 0 saturated heterocycles. The van der Waals surface area contributed by atoms with Crippen molar-refractivity contribution in [2.45, 2.75) is 13.0 Å². The van der Waals surface area contributed by atoms with Gasteiger partial charge in [-0.3, -0.25) is 10.1 Å². The second-order valence-electron chi connectivity index (χ2n) is 4.95. The maximum absolute atomic E-state index is 12.2. The van der Waals surface area contributed by atoms with E-state index in [2.05, 4.69) is 15.5 Å². The molecule has 0 fully saturated rings. The lowest BCUT2D eigenvalue weighted by Crippen LogP contribution is -2.30. The maximum atomic E-state index is 12.2.